The first-order valence-electron chi connectivity index (χ1n) is 7.73. The van der Waals surface area contributed by atoms with Crippen LogP contribution in [-0.4, -0.2) is 31.3 Å². The fourth-order valence-electron chi connectivity index (χ4n) is 2.40. The molecule has 0 atom stereocenters. The standard InChI is InChI=1S/C19H16ClN3O3/c1-25-16-8-7-13(10-17(16)26-2)19(24)23-21-11-14-9-12-5-3-4-6-15(12)22-18(14)20/h3-11H,1-2H3,(H,23,24). The molecule has 0 bridgehead atoms. The van der Waals surface area contributed by atoms with Gasteiger partial charge in [-0.1, -0.05) is 29.8 Å². The van der Waals surface area contributed by atoms with Gasteiger partial charge in [-0.25, -0.2) is 10.4 Å². The number of ether oxygens (including phenoxy) is 2. The van der Waals surface area contributed by atoms with E-state index in [1.165, 1.54) is 20.4 Å². The summed E-state index contributed by atoms with van der Waals surface area (Å²) in [6.45, 7) is 0. The molecule has 1 heterocycles. The van der Waals surface area contributed by atoms with Crippen molar-refractivity contribution in [3.05, 3.63) is 64.8 Å². The molecule has 6 nitrogen and oxygen atoms in total. The number of fused-ring (bicyclic) bond motifs is 1. The number of carbonyl (C=O) groups is 1. The van der Waals surface area contributed by atoms with Crippen LogP contribution in [0.3, 0.4) is 0 Å². The molecule has 7 heteroatoms. The molecule has 0 saturated heterocycles. The molecule has 1 aromatic heterocycles. The fourth-order valence-corrected chi connectivity index (χ4v) is 2.60. The third kappa shape index (κ3) is 3.75. The quantitative estimate of drug-likeness (QED) is 0.423. The summed E-state index contributed by atoms with van der Waals surface area (Å²) in [6, 6.07) is 14.3. The zero-order valence-electron chi connectivity index (χ0n) is 14.2. The van der Waals surface area contributed by atoms with Gasteiger partial charge in [0.1, 0.15) is 5.15 Å². The number of hydrogen-bond donors (Lipinski definition) is 1. The molecule has 0 spiro atoms. The number of carbonyl (C=O) groups excluding carboxylic acids is 1. The normalized spacial score (nSPS) is 10.9. The minimum absolute atomic E-state index is 0.313. The predicted molar refractivity (Wildman–Crippen MR) is 101 cm³/mol. The molecule has 0 aliphatic heterocycles. The number of nitrogens with zero attached hydrogens (tertiary/aromatic N) is 2. The lowest BCUT2D eigenvalue weighted by molar-refractivity contribution is 0.0954. The van der Waals surface area contributed by atoms with Crippen LogP contribution in [0.4, 0.5) is 0 Å². The Morgan fingerprint density at radius 3 is 2.65 bits per heavy atom. The average molecular weight is 370 g/mol. The zero-order chi connectivity index (χ0) is 18.5. The van der Waals surface area contributed by atoms with Gasteiger partial charge in [0.2, 0.25) is 0 Å². The second-order valence-corrected chi connectivity index (χ2v) is 5.69. The van der Waals surface area contributed by atoms with Gasteiger partial charge in [0, 0.05) is 16.5 Å². The highest BCUT2D eigenvalue weighted by Crippen LogP contribution is 2.27. The van der Waals surface area contributed by atoms with Crippen molar-refractivity contribution in [3.63, 3.8) is 0 Å². The van der Waals surface area contributed by atoms with Crippen molar-refractivity contribution in [1.29, 1.82) is 0 Å². The van der Waals surface area contributed by atoms with Crippen LogP contribution in [0.5, 0.6) is 11.5 Å². The van der Waals surface area contributed by atoms with Gasteiger partial charge >= 0.3 is 0 Å². The summed E-state index contributed by atoms with van der Waals surface area (Å²) in [7, 11) is 3.04. The van der Waals surface area contributed by atoms with E-state index in [0.717, 1.165) is 10.9 Å². The molecule has 0 unspecified atom stereocenters. The van der Waals surface area contributed by atoms with Crippen molar-refractivity contribution in [2.45, 2.75) is 0 Å². The molecule has 3 rings (SSSR count). The maximum atomic E-state index is 12.2. The molecule has 0 saturated carbocycles. The molecule has 1 amide bonds. The van der Waals surface area contributed by atoms with Gasteiger partial charge in [-0.3, -0.25) is 4.79 Å². The molecule has 0 aliphatic carbocycles. The van der Waals surface area contributed by atoms with E-state index in [1.54, 1.807) is 18.2 Å². The summed E-state index contributed by atoms with van der Waals surface area (Å²) in [4.78, 5) is 16.5. The number of para-hydroxylation sites is 1. The first-order valence-corrected chi connectivity index (χ1v) is 8.11. The second-order valence-electron chi connectivity index (χ2n) is 5.33. The van der Waals surface area contributed by atoms with Gasteiger partial charge in [0.25, 0.3) is 5.91 Å². The van der Waals surface area contributed by atoms with Crippen LogP contribution in [0.25, 0.3) is 10.9 Å². The van der Waals surface area contributed by atoms with Crippen LogP contribution in [0.15, 0.2) is 53.6 Å². The number of methoxy groups -OCH3 is 2. The van der Waals surface area contributed by atoms with Crippen molar-refractivity contribution in [1.82, 2.24) is 10.4 Å². The first kappa shape index (κ1) is 17.7. The van der Waals surface area contributed by atoms with Crippen LogP contribution in [-0.2, 0) is 0 Å². The van der Waals surface area contributed by atoms with Crippen LogP contribution < -0.4 is 14.9 Å². The molecule has 2 aromatic carbocycles. The smallest absolute Gasteiger partial charge is 0.271 e. The van der Waals surface area contributed by atoms with Crippen LogP contribution in [0, 0.1) is 0 Å². The SMILES string of the molecule is COc1ccc(C(=O)NN=Cc2cc3ccccc3nc2Cl)cc1OC. The van der Waals surface area contributed by atoms with E-state index in [-0.39, 0.29) is 5.91 Å². The van der Waals surface area contributed by atoms with Gasteiger partial charge in [-0.15, -0.1) is 0 Å². The van der Waals surface area contributed by atoms with E-state index in [2.05, 4.69) is 15.5 Å². The van der Waals surface area contributed by atoms with Crippen molar-refractivity contribution < 1.29 is 14.3 Å². The molecule has 3 aromatic rings. The zero-order valence-corrected chi connectivity index (χ0v) is 14.9. The van der Waals surface area contributed by atoms with Gasteiger partial charge in [0.05, 0.1) is 26.0 Å². The predicted octanol–water partition coefficient (Wildman–Crippen LogP) is 3.67. The lowest BCUT2D eigenvalue weighted by atomic mass is 10.2. The number of amides is 1. The number of aromatic nitrogens is 1. The number of pyridine rings is 1. The minimum atomic E-state index is -0.382. The molecule has 26 heavy (non-hydrogen) atoms. The Morgan fingerprint density at radius 2 is 1.88 bits per heavy atom. The Balaban J connectivity index is 1.76. The molecule has 0 radical (unpaired) electrons. The van der Waals surface area contributed by atoms with Crippen LogP contribution in [0.1, 0.15) is 15.9 Å². The van der Waals surface area contributed by atoms with Crippen LogP contribution in [0.2, 0.25) is 5.15 Å². The highest BCUT2D eigenvalue weighted by Gasteiger charge is 2.10. The third-order valence-corrected chi connectivity index (χ3v) is 4.02. The van der Waals surface area contributed by atoms with Gasteiger partial charge in [-0.2, -0.15) is 5.10 Å². The summed E-state index contributed by atoms with van der Waals surface area (Å²) in [5, 5.41) is 5.21. The van der Waals surface area contributed by atoms with Gasteiger partial charge < -0.3 is 9.47 Å². The topological polar surface area (TPSA) is 72.8 Å². The lowest BCUT2D eigenvalue weighted by Crippen LogP contribution is -2.17. The maximum absolute atomic E-state index is 12.2. The third-order valence-electron chi connectivity index (χ3n) is 3.72. The number of nitrogens with one attached hydrogen (secondary N) is 1. The highest BCUT2D eigenvalue weighted by atomic mass is 35.5. The molecular formula is C19H16ClN3O3. The molecule has 0 fully saturated rings. The average Bonchev–Trinajstić information content (AvgIpc) is 2.67. The minimum Gasteiger partial charge on any atom is -0.493 e. The monoisotopic (exact) mass is 369 g/mol. The van der Waals surface area contributed by atoms with Crippen molar-refractivity contribution in [3.8, 4) is 11.5 Å². The van der Waals surface area contributed by atoms with E-state index in [4.69, 9.17) is 21.1 Å². The van der Waals surface area contributed by atoms with E-state index < -0.39 is 0 Å². The summed E-state index contributed by atoms with van der Waals surface area (Å²) in [5.41, 5.74) is 4.26. The van der Waals surface area contributed by atoms with Crippen LogP contribution >= 0.6 is 11.6 Å². The molecule has 0 aliphatic rings. The number of hydrogen-bond acceptors (Lipinski definition) is 5. The second kappa shape index (κ2) is 7.84. The number of rotatable bonds is 5. The Kier molecular flexibility index (Phi) is 5.34. The summed E-state index contributed by atoms with van der Waals surface area (Å²) in [5.74, 6) is 0.625. The first-order chi connectivity index (χ1) is 12.6. The fraction of sp³-hybridized carbons (Fsp3) is 0.105. The Labute approximate surface area is 155 Å². The van der Waals surface area contributed by atoms with Crippen molar-refractivity contribution >= 4 is 34.6 Å². The lowest BCUT2D eigenvalue weighted by Gasteiger charge is -2.08. The Morgan fingerprint density at radius 1 is 1.12 bits per heavy atom. The summed E-state index contributed by atoms with van der Waals surface area (Å²) in [6.07, 6.45) is 1.46. The maximum Gasteiger partial charge on any atom is 0.271 e. The van der Waals surface area contributed by atoms with E-state index in [1.807, 2.05) is 30.3 Å². The number of hydrazone groups is 1. The Hall–Kier alpha value is -3.12. The summed E-state index contributed by atoms with van der Waals surface area (Å²) < 4.78 is 10.3. The molecule has 132 valence electrons. The summed E-state index contributed by atoms with van der Waals surface area (Å²) >= 11 is 6.16. The van der Waals surface area contributed by atoms with E-state index in [0.29, 0.717) is 27.8 Å². The van der Waals surface area contributed by atoms with Crippen molar-refractivity contribution in [2.75, 3.05) is 14.2 Å². The van der Waals surface area contributed by atoms with Crippen molar-refractivity contribution in [2.24, 2.45) is 5.10 Å². The number of halogens is 1. The van der Waals surface area contributed by atoms with E-state index >= 15 is 0 Å². The van der Waals surface area contributed by atoms with Gasteiger partial charge in [-0.05, 0) is 30.3 Å². The largest absolute Gasteiger partial charge is 0.493 e. The number of benzene rings is 2. The molecule has 1 N–H and O–H groups in total. The highest BCUT2D eigenvalue weighted by molar-refractivity contribution is 6.32. The molecular weight excluding hydrogens is 354 g/mol. The Bertz CT molecular complexity index is 989. The van der Waals surface area contributed by atoms with E-state index in [9.17, 15) is 4.79 Å². The van der Waals surface area contributed by atoms with Gasteiger partial charge in [0.15, 0.2) is 11.5 Å².